The molecule has 0 bridgehead atoms. The smallest absolute Gasteiger partial charge is 0.326 e. The number of likely N-dealkylation sites (tertiary alicyclic amines) is 2. The van der Waals surface area contributed by atoms with Gasteiger partial charge in [-0.05, 0) is 57.4 Å². The van der Waals surface area contributed by atoms with Crippen LogP contribution in [0, 0.1) is 5.92 Å². The molecule has 0 radical (unpaired) electrons. The van der Waals surface area contributed by atoms with Crippen molar-refractivity contribution in [2.24, 2.45) is 17.4 Å². The first-order valence-electron chi connectivity index (χ1n) is 11.3. The summed E-state index contributed by atoms with van der Waals surface area (Å²) in [6, 6.07) is -3.06. The van der Waals surface area contributed by atoms with Crippen LogP contribution in [0.3, 0.4) is 0 Å². The van der Waals surface area contributed by atoms with Crippen molar-refractivity contribution in [1.82, 2.24) is 15.1 Å². The van der Waals surface area contributed by atoms with Crippen molar-refractivity contribution in [2.75, 3.05) is 19.6 Å². The average Bonchev–Trinajstić information content (AvgIpc) is 3.41. The molecule has 31 heavy (non-hydrogen) atoms. The number of nitrogens with two attached hydrogens (primary N) is 2. The second-order valence-corrected chi connectivity index (χ2v) is 8.83. The molecule has 0 saturated carbocycles. The molecule has 0 aliphatic carbocycles. The highest BCUT2D eigenvalue weighted by Gasteiger charge is 2.40. The number of nitrogens with zero attached hydrogens (tertiary/aromatic N) is 2. The van der Waals surface area contributed by atoms with Crippen molar-refractivity contribution in [3.63, 3.8) is 0 Å². The second-order valence-electron chi connectivity index (χ2n) is 8.83. The Labute approximate surface area is 183 Å². The van der Waals surface area contributed by atoms with Crippen LogP contribution in [-0.2, 0) is 19.2 Å². The molecule has 4 atom stereocenters. The Morgan fingerprint density at radius 1 is 1.00 bits per heavy atom. The molecule has 2 fully saturated rings. The highest BCUT2D eigenvalue weighted by atomic mass is 16.4. The topological polar surface area (TPSA) is 159 Å². The fourth-order valence-electron chi connectivity index (χ4n) is 4.29. The third kappa shape index (κ3) is 6.16. The highest BCUT2D eigenvalue weighted by molar-refractivity contribution is 5.94. The average molecular weight is 440 g/mol. The molecule has 2 saturated heterocycles. The molecule has 0 spiro atoms. The van der Waals surface area contributed by atoms with E-state index in [2.05, 4.69) is 5.32 Å². The van der Waals surface area contributed by atoms with Crippen LogP contribution < -0.4 is 16.8 Å². The summed E-state index contributed by atoms with van der Waals surface area (Å²) in [4.78, 5) is 53.3. The number of rotatable bonds is 10. The van der Waals surface area contributed by atoms with Gasteiger partial charge in [-0.25, -0.2) is 4.79 Å². The predicted molar refractivity (Wildman–Crippen MR) is 115 cm³/mol. The maximum atomic E-state index is 13.1. The van der Waals surface area contributed by atoms with Gasteiger partial charge in [-0.1, -0.05) is 13.8 Å². The first-order chi connectivity index (χ1) is 14.7. The number of carbonyl (C=O) groups is 4. The lowest BCUT2D eigenvalue weighted by atomic mass is 10.0. The minimum Gasteiger partial charge on any atom is -0.480 e. The molecule has 10 heteroatoms. The molecule has 0 aromatic rings. The fourth-order valence-corrected chi connectivity index (χ4v) is 4.29. The normalized spacial score (nSPS) is 23.1. The van der Waals surface area contributed by atoms with Crippen LogP contribution in [0.15, 0.2) is 0 Å². The van der Waals surface area contributed by atoms with Crippen LogP contribution in [0.1, 0.15) is 58.8 Å². The molecule has 6 N–H and O–H groups in total. The zero-order valence-corrected chi connectivity index (χ0v) is 18.6. The molecule has 2 aliphatic heterocycles. The summed E-state index contributed by atoms with van der Waals surface area (Å²) in [6.45, 7) is 4.99. The summed E-state index contributed by atoms with van der Waals surface area (Å²) in [5, 5.41) is 12.2. The molecule has 10 nitrogen and oxygen atoms in total. The molecule has 2 heterocycles. The van der Waals surface area contributed by atoms with E-state index in [4.69, 9.17) is 11.5 Å². The Bertz CT molecular complexity index is 671. The third-order valence-electron chi connectivity index (χ3n) is 6.22. The molecule has 2 rings (SSSR count). The lowest BCUT2D eigenvalue weighted by molar-refractivity contribution is -0.150. The number of hydrogen-bond donors (Lipinski definition) is 4. The Balaban J connectivity index is 2.12. The van der Waals surface area contributed by atoms with E-state index in [-0.39, 0.29) is 23.6 Å². The number of carbonyl (C=O) groups excluding carboxylic acids is 3. The van der Waals surface area contributed by atoms with E-state index in [1.807, 2.05) is 13.8 Å². The summed E-state index contributed by atoms with van der Waals surface area (Å²) in [6.07, 6.45) is 3.91. The van der Waals surface area contributed by atoms with Gasteiger partial charge in [0.25, 0.3) is 0 Å². The Morgan fingerprint density at radius 3 is 2.13 bits per heavy atom. The maximum absolute atomic E-state index is 13.1. The van der Waals surface area contributed by atoms with Gasteiger partial charge in [0.1, 0.15) is 18.1 Å². The van der Waals surface area contributed by atoms with E-state index >= 15 is 0 Å². The summed E-state index contributed by atoms with van der Waals surface area (Å²) in [7, 11) is 0. The lowest BCUT2D eigenvalue weighted by Crippen LogP contribution is -2.57. The summed E-state index contributed by atoms with van der Waals surface area (Å²) in [5.74, 6) is -2.12. The van der Waals surface area contributed by atoms with E-state index in [1.165, 1.54) is 9.80 Å². The van der Waals surface area contributed by atoms with E-state index in [1.54, 1.807) is 0 Å². The van der Waals surface area contributed by atoms with Gasteiger partial charge in [-0.3, -0.25) is 14.4 Å². The molecule has 176 valence electrons. The Morgan fingerprint density at radius 2 is 1.58 bits per heavy atom. The van der Waals surface area contributed by atoms with E-state index < -0.39 is 30.1 Å². The van der Waals surface area contributed by atoms with Crippen LogP contribution in [-0.4, -0.2) is 82.4 Å². The number of nitrogens with one attached hydrogen (secondary N) is 1. The van der Waals surface area contributed by atoms with Crippen LogP contribution >= 0.6 is 0 Å². The number of hydrogen-bond acceptors (Lipinski definition) is 6. The van der Waals surface area contributed by atoms with Gasteiger partial charge in [-0.15, -0.1) is 0 Å². The number of aliphatic carboxylic acids is 1. The standard InChI is InChI=1S/C21H37N5O5/c1-13(2)17(23)20(29)25-11-5-8-15(25)18(27)24-14(7-3-4-10-22)19(28)26-12-6-9-16(26)21(30)31/h13-17H,3-12,22-23H2,1-2H3,(H,24,27)(H,30,31). The first kappa shape index (κ1) is 25.1. The van der Waals surface area contributed by atoms with Crippen LogP contribution in [0.4, 0.5) is 0 Å². The molecule has 0 aromatic carbocycles. The highest BCUT2D eigenvalue weighted by Crippen LogP contribution is 2.22. The van der Waals surface area contributed by atoms with Gasteiger partial charge in [0.15, 0.2) is 0 Å². The third-order valence-corrected chi connectivity index (χ3v) is 6.22. The van der Waals surface area contributed by atoms with Crippen molar-refractivity contribution in [3.05, 3.63) is 0 Å². The van der Waals surface area contributed by atoms with Crippen molar-refractivity contribution >= 4 is 23.7 Å². The van der Waals surface area contributed by atoms with E-state index in [0.29, 0.717) is 64.6 Å². The molecular formula is C21H37N5O5. The number of carboxylic acid groups (broad SMARTS) is 1. The quantitative estimate of drug-likeness (QED) is 0.339. The van der Waals surface area contributed by atoms with Crippen LogP contribution in [0.2, 0.25) is 0 Å². The van der Waals surface area contributed by atoms with Gasteiger partial charge in [0, 0.05) is 13.1 Å². The largest absolute Gasteiger partial charge is 0.480 e. The Kier molecular flexibility index (Phi) is 9.24. The SMILES string of the molecule is CC(C)C(N)C(=O)N1CCCC1C(=O)NC(CCCCN)C(=O)N1CCCC1C(=O)O. The summed E-state index contributed by atoms with van der Waals surface area (Å²) >= 11 is 0. The zero-order valence-electron chi connectivity index (χ0n) is 18.6. The van der Waals surface area contributed by atoms with Crippen molar-refractivity contribution in [3.8, 4) is 0 Å². The van der Waals surface area contributed by atoms with Crippen molar-refractivity contribution in [2.45, 2.75) is 83.0 Å². The molecular weight excluding hydrogens is 402 g/mol. The number of carboxylic acids is 1. The maximum Gasteiger partial charge on any atom is 0.326 e. The molecule has 2 aliphatic rings. The molecule has 3 amide bonds. The first-order valence-corrected chi connectivity index (χ1v) is 11.3. The lowest BCUT2D eigenvalue weighted by Gasteiger charge is -2.31. The van der Waals surface area contributed by atoms with Crippen LogP contribution in [0.25, 0.3) is 0 Å². The van der Waals surface area contributed by atoms with Gasteiger partial charge in [0.2, 0.25) is 17.7 Å². The summed E-state index contributed by atoms with van der Waals surface area (Å²) < 4.78 is 0. The van der Waals surface area contributed by atoms with Gasteiger partial charge in [-0.2, -0.15) is 0 Å². The van der Waals surface area contributed by atoms with Gasteiger partial charge in [0.05, 0.1) is 6.04 Å². The van der Waals surface area contributed by atoms with Crippen molar-refractivity contribution < 1.29 is 24.3 Å². The fraction of sp³-hybridized carbons (Fsp3) is 0.810. The van der Waals surface area contributed by atoms with Crippen LogP contribution in [0.5, 0.6) is 0 Å². The summed E-state index contributed by atoms with van der Waals surface area (Å²) in [5.41, 5.74) is 11.6. The van der Waals surface area contributed by atoms with Gasteiger partial charge < -0.3 is 31.7 Å². The minimum atomic E-state index is -1.03. The number of amides is 3. The monoisotopic (exact) mass is 439 g/mol. The number of unbranched alkanes of at least 4 members (excludes halogenated alkanes) is 1. The minimum absolute atomic E-state index is 0.0504. The van der Waals surface area contributed by atoms with E-state index in [9.17, 15) is 24.3 Å². The second kappa shape index (κ2) is 11.4. The molecule has 0 aromatic heterocycles. The predicted octanol–water partition coefficient (Wildman–Crippen LogP) is -0.350. The van der Waals surface area contributed by atoms with E-state index in [0.717, 1.165) is 0 Å². The Hall–Kier alpha value is -2.20. The van der Waals surface area contributed by atoms with Gasteiger partial charge >= 0.3 is 5.97 Å². The molecule has 4 unspecified atom stereocenters. The zero-order chi connectivity index (χ0) is 23.1. The van der Waals surface area contributed by atoms with Crippen molar-refractivity contribution in [1.29, 1.82) is 0 Å².